The van der Waals surface area contributed by atoms with Crippen LogP contribution in [0.1, 0.15) is 39.5 Å². The molecule has 0 aromatic carbocycles. The minimum atomic E-state index is 0.452. The van der Waals surface area contributed by atoms with Gasteiger partial charge in [-0.1, -0.05) is 6.58 Å². The van der Waals surface area contributed by atoms with Crippen molar-refractivity contribution >= 4 is 0 Å². The number of hydrogen-bond donors (Lipinski definition) is 0. The summed E-state index contributed by atoms with van der Waals surface area (Å²) in [5, 5.41) is 0. The van der Waals surface area contributed by atoms with Gasteiger partial charge in [0.15, 0.2) is 0 Å². The van der Waals surface area contributed by atoms with Gasteiger partial charge in [-0.05, 0) is 51.2 Å². The zero-order valence-corrected chi connectivity index (χ0v) is 9.51. The van der Waals surface area contributed by atoms with E-state index in [1.165, 1.54) is 25.7 Å². The second-order valence-corrected chi connectivity index (χ2v) is 3.46. The summed E-state index contributed by atoms with van der Waals surface area (Å²) in [5.41, 5.74) is 1.03. The molecular weight excluding hydrogens is 172 g/mol. The minimum absolute atomic E-state index is 0.452. The number of ether oxygens (including phenoxy) is 1. The van der Waals surface area contributed by atoms with Crippen LogP contribution in [0.5, 0.6) is 0 Å². The molecule has 0 heterocycles. The van der Waals surface area contributed by atoms with Gasteiger partial charge in [0.1, 0.15) is 5.76 Å². The fourth-order valence-electron chi connectivity index (χ4n) is 1.60. The molecule has 0 aliphatic heterocycles. The normalized spacial score (nSPS) is 17.1. The highest BCUT2D eigenvalue weighted by atomic mass is 16.5. The maximum Gasteiger partial charge on any atom is 0.117 e. The van der Waals surface area contributed by atoms with E-state index in [9.17, 15) is 0 Å². The van der Waals surface area contributed by atoms with Crippen molar-refractivity contribution in [3.05, 3.63) is 37.1 Å². The lowest BCUT2D eigenvalue weighted by Gasteiger charge is -2.15. The summed E-state index contributed by atoms with van der Waals surface area (Å²) >= 11 is 0. The van der Waals surface area contributed by atoms with Gasteiger partial charge in [-0.3, -0.25) is 0 Å². The second kappa shape index (κ2) is 7.43. The van der Waals surface area contributed by atoms with Crippen LogP contribution in [-0.2, 0) is 4.74 Å². The van der Waals surface area contributed by atoms with E-state index in [1.807, 2.05) is 19.9 Å². The minimum Gasteiger partial charge on any atom is -0.491 e. The fourth-order valence-corrected chi connectivity index (χ4v) is 1.60. The van der Waals surface area contributed by atoms with Crippen molar-refractivity contribution < 1.29 is 4.74 Å². The highest BCUT2D eigenvalue weighted by molar-refractivity contribution is 5.19. The Morgan fingerprint density at radius 3 is 2.14 bits per heavy atom. The maximum atomic E-state index is 5.78. The van der Waals surface area contributed by atoms with Crippen molar-refractivity contribution in [3.63, 3.8) is 0 Å². The van der Waals surface area contributed by atoms with Crippen LogP contribution in [-0.4, -0.2) is 6.10 Å². The molecule has 1 rings (SSSR count). The van der Waals surface area contributed by atoms with Gasteiger partial charge in [-0.2, -0.15) is 0 Å². The highest BCUT2D eigenvalue weighted by Crippen LogP contribution is 2.24. The Balaban J connectivity index is 0.000000791. The monoisotopic (exact) mass is 194 g/mol. The molecule has 0 atom stereocenters. The summed E-state index contributed by atoms with van der Waals surface area (Å²) in [6.07, 6.45) is 7.51. The Morgan fingerprint density at radius 1 is 1.29 bits per heavy atom. The van der Waals surface area contributed by atoms with E-state index < -0.39 is 0 Å². The molecule has 1 nitrogen and oxygen atoms in total. The maximum absolute atomic E-state index is 5.78. The van der Waals surface area contributed by atoms with Gasteiger partial charge in [0.05, 0.1) is 6.10 Å². The van der Waals surface area contributed by atoms with Crippen LogP contribution in [0, 0.1) is 0 Å². The quantitative estimate of drug-likeness (QED) is 0.371. The Bertz CT molecular complexity index is 197. The smallest absolute Gasteiger partial charge is 0.117 e. The Labute approximate surface area is 88.2 Å². The van der Waals surface area contributed by atoms with Crippen molar-refractivity contribution in [2.45, 2.75) is 45.6 Å². The topological polar surface area (TPSA) is 9.23 Å². The van der Waals surface area contributed by atoms with Crippen LogP contribution in [0.25, 0.3) is 0 Å². The standard InChI is InChI=1S/C11H18O.C2H4/c1-4-11(9(2)3)12-10-7-5-6-8-10;1-2/h4,10H,2,5-8H2,1,3H3;1-2H2/b11-4+;. The van der Waals surface area contributed by atoms with E-state index in [0.717, 1.165) is 11.3 Å². The Kier molecular flexibility index (Phi) is 6.91. The van der Waals surface area contributed by atoms with Gasteiger partial charge in [0.2, 0.25) is 0 Å². The number of allylic oxidation sites excluding steroid dienone is 2. The lowest BCUT2D eigenvalue weighted by Crippen LogP contribution is -2.07. The third-order valence-electron chi connectivity index (χ3n) is 2.28. The molecule has 0 bridgehead atoms. The lowest BCUT2D eigenvalue weighted by molar-refractivity contribution is 0.128. The molecule has 0 amide bonds. The van der Waals surface area contributed by atoms with Crippen LogP contribution in [0.2, 0.25) is 0 Å². The van der Waals surface area contributed by atoms with Crippen molar-refractivity contribution in [2.75, 3.05) is 0 Å². The van der Waals surface area contributed by atoms with Gasteiger partial charge in [0, 0.05) is 0 Å². The first-order valence-corrected chi connectivity index (χ1v) is 5.23. The molecule has 1 fully saturated rings. The molecule has 1 aliphatic rings. The predicted octanol–water partition coefficient (Wildman–Crippen LogP) is 4.23. The van der Waals surface area contributed by atoms with Crippen LogP contribution in [0.4, 0.5) is 0 Å². The summed E-state index contributed by atoms with van der Waals surface area (Å²) < 4.78 is 5.78. The van der Waals surface area contributed by atoms with Gasteiger partial charge < -0.3 is 4.74 Å². The molecule has 1 heteroatoms. The predicted molar refractivity (Wildman–Crippen MR) is 63.2 cm³/mol. The molecule has 0 N–H and O–H groups in total. The summed E-state index contributed by atoms with van der Waals surface area (Å²) in [5.74, 6) is 0.974. The van der Waals surface area contributed by atoms with Crippen molar-refractivity contribution in [1.82, 2.24) is 0 Å². The zero-order chi connectivity index (χ0) is 11.0. The SMILES string of the molecule is C=C.C=C(C)/C(=C\C)OC1CCCC1. The average molecular weight is 194 g/mol. The van der Waals surface area contributed by atoms with Crippen LogP contribution >= 0.6 is 0 Å². The second-order valence-electron chi connectivity index (χ2n) is 3.46. The van der Waals surface area contributed by atoms with Crippen molar-refractivity contribution in [2.24, 2.45) is 0 Å². The number of rotatable bonds is 3. The molecular formula is C13H22O. The van der Waals surface area contributed by atoms with E-state index in [-0.39, 0.29) is 0 Å². The molecule has 80 valence electrons. The molecule has 14 heavy (non-hydrogen) atoms. The van der Waals surface area contributed by atoms with Crippen molar-refractivity contribution in [1.29, 1.82) is 0 Å². The Hall–Kier alpha value is -0.980. The first-order chi connectivity index (χ1) is 6.74. The van der Waals surface area contributed by atoms with Crippen LogP contribution in [0.15, 0.2) is 37.1 Å². The molecule has 1 aliphatic carbocycles. The Morgan fingerprint density at radius 2 is 1.79 bits per heavy atom. The lowest BCUT2D eigenvalue weighted by atomic mass is 10.2. The third kappa shape index (κ3) is 4.31. The number of hydrogen-bond acceptors (Lipinski definition) is 1. The van der Waals surface area contributed by atoms with Crippen LogP contribution in [0.3, 0.4) is 0 Å². The van der Waals surface area contributed by atoms with E-state index >= 15 is 0 Å². The van der Waals surface area contributed by atoms with Crippen molar-refractivity contribution in [3.8, 4) is 0 Å². The highest BCUT2D eigenvalue weighted by Gasteiger charge is 2.17. The first-order valence-electron chi connectivity index (χ1n) is 5.23. The van der Waals surface area contributed by atoms with E-state index in [0.29, 0.717) is 6.10 Å². The van der Waals surface area contributed by atoms with E-state index in [1.54, 1.807) is 0 Å². The zero-order valence-electron chi connectivity index (χ0n) is 9.51. The first kappa shape index (κ1) is 13.0. The summed E-state index contributed by atoms with van der Waals surface area (Å²) in [7, 11) is 0. The molecule has 0 aromatic heterocycles. The fraction of sp³-hybridized carbons (Fsp3) is 0.538. The summed E-state index contributed by atoms with van der Waals surface area (Å²) in [4.78, 5) is 0. The average Bonchev–Trinajstić information content (AvgIpc) is 2.69. The van der Waals surface area contributed by atoms with E-state index in [4.69, 9.17) is 4.74 Å². The van der Waals surface area contributed by atoms with Gasteiger partial charge >= 0.3 is 0 Å². The largest absolute Gasteiger partial charge is 0.491 e. The third-order valence-corrected chi connectivity index (χ3v) is 2.28. The van der Waals surface area contributed by atoms with Gasteiger partial charge in [0.25, 0.3) is 0 Å². The molecule has 0 spiro atoms. The molecule has 1 saturated carbocycles. The van der Waals surface area contributed by atoms with Gasteiger partial charge in [-0.25, -0.2) is 0 Å². The van der Waals surface area contributed by atoms with E-state index in [2.05, 4.69) is 19.7 Å². The van der Waals surface area contributed by atoms with Crippen LogP contribution < -0.4 is 0 Å². The molecule has 0 saturated heterocycles. The molecule has 0 unspecified atom stereocenters. The molecule has 0 radical (unpaired) electrons. The molecule has 0 aromatic rings. The summed E-state index contributed by atoms with van der Waals surface area (Å²) in [6.45, 7) is 13.9. The van der Waals surface area contributed by atoms with Gasteiger partial charge in [-0.15, -0.1) is 13.2 Å². The summed E-state index contributed by atoms with van der Waals surface area (Å²) in [6, 6.07) is 0.